The summed E-state index contributed by atoms with van der Waals surface area (Å²) in [6.07, 6.45) is 1.66. The van der Waals surface area contributed by atoms with Gasteiger partial charge in [-0.3, -0.25) is 4.90 Å². The Balaban J connectivity index is 2.47. The van der Waals surface area contributed by atoms with E-state index in [-0.39, 0.29) is 13.0 Å². The molecule has 0 radical (unpaired) electrons. The SMILES string of the molecule is CCN1CCCCC(F)(F)C1. The van der Waals surface area contributed by atoms with Crippen LogP contribution in [0.3, 0.4) is 0 Å². The van der Waals surface area contributed by atoms with Gasteiger partial charge in [-0.2, -0.15) is 0 Å². The maximum absolute atomic E-state index is 12.9. The molecule has 0 amide bonds. The average Bonchev–Trinajstić information content (AvgIpc) is 2.10. The first-order chi connectivity index (χ1) is 5.14. The van der Waals surface area contributed by atoms with Gasteiger partial charge in [0.1, 0.15) is 0 Å². The highest BCUT2D eigenvalue weighted by Gasteiger charge is 2.32. The molecule has 0 aromatic heterocycles. The Kier molecular flexibility index (Phi) is 2.82. The fourth-order valence-corrected chi connectivity index (χ4v) is 1.47. The summed E-state index contributed by atoms with van der Waals surface area (Å²) in [7, 11) is 0. The van der Waals surface area contributed by atoms with Crippen molar-refractivity contribution in [3.63, 3.8) is 0 Å². The lowest BCUT2D eigenvalue weighted by atomic mass is 10.2. The topological polar surface area (TPSA) is 3.24 Å². The van der Waals surface area contributed by atoms with Crippen molar-refractivity contribution < 1.29 is 8.78 Å². The Labute approximate surface area is 66.4 Å². The van der Waals surface area contributed by atoms with Gasteiger partial charge in [0.05, 0.1) is 6.54 Å². The van der Waals surface area contributed by atoms with E-state index >= 15 is 0 Å². The zero-order chi connectivity index (χ0) is 8.32. The third kappa shape index (κ3) is 2.73. The van der Waals surface area contributed by atoms with Crippen LogP contribution in [0.15, 0.2) is 0 Å². The zero-order valence-electron chi connectivity index (χ0n) is 6.95. The Morgan fingerprint density at radius 3 is 2.73 bits per heavy atom. The molecule has 1 fully saturated rings. The molecule has 3 heteroatoms. The van der Waals surface area contributed by atoms with E-state index in [0.29, 0.717) is 6.42 Å². The van der Waals surface area contributed by atoms with Crippen molar-refractivity contribution in [2.45, 2.75) is 32.1 Å². The van der Waals surface area contributed by atoms with Crippen LogP contribution in [0.2, 0.25) is 0 Å². The monoisotopic (exact) mass is 163 g/mol. The maximum Gasteiger partial charge on any atom is 0.260 e. The van der Waals surface area contributed by atoms with E-state index in [1.807, 2.05) is 11.8 Å². The van der Waals surface area contributed by atoms with Gasteiger partial charge in [0, 0.05) is 6.42 Å². The van der Waals surface area contributed by atoms with Crippen molar-refractivity contribution in [3.8, 4) is 0 Å². The molecule has 0 aliphatic carbocycles. The summed E-state index contributed by atoms with van der Waals surface area (Å²) in [5.41, 5.74) is 0. The van der Waals surface area contributed by atoms with Crippen LogP contribution < -0.4 is 0 Å². The molecule has 1 nitrogen and oxygen atoms in total. The zero-order valence-corrected chi connectivity index (χ0v) is 6.95. The summed E-state index contributed by atoms with van der Waals surface area (Å²) in [4.78, 5) is 1.83. The largest absolute Gasteiger partial charge is 0.298 e. The molecule has 0 saturated carbocycles. The van der Waals surface area contributed by atoms with E-state index in [4.69, 9.17) is 0 Å². The number of rotatable bonds is 1. The van der Waals surface area contributed by atoms with Gasteiger partial charge < -0.3 is 0 Å². The highest BCUT2D eigenvalue weighted by Crippen LogP contribution is 2.25. The maximum atomic E-state index is 12.9. The molecule has 0 atom stereocenters. The Morgan fingerprint density at radius 1 is 1.36 bits per heavy atom. The van der Waals surface area contributed by atoms with E-state index in [1.54, 1.807) is 0 Å². The summed E-state index contributed by atoms with van der Waals surface area (Å²) in [6, 6.07) is 0. The third-order valence-corrected chi connectivity index (χ3v) is 2.17. The minimum Gasteiger partial charge on any atom is -0.298 e. The summed E-state index contributed by atoms with van der Waals surface area (Å²) < 4.78 is 25.7. The van der Waals surface area contributed by atoms with Crippen LogP contribution >= 0.6 is 0 Å². The van der Waals surface area contributed by atoms with Gasteiger partial charge in [-0.1, -0.05) is 6.92 Å². The quantitative estimate of drug-likeness (QED) is 0.572. The van der Waals surface area contributed by atoms with Crippen LogP contribution in [0.5, 0.6) is 0 Å². The molecule has 1 rings (SSSR count). The highest BCUT2D eigenvalue weighted by atomic mass is 19.3. The van der Waals surface area contributed by atoms with Crippen molar-refractivity contribution in [2.24, 2.45) is 0 Å². The summed E-state index contributed by atoms with van der Waals surface area (Å²) in [6.45, 7) is 3.48. The number of alkyl halides is 2. The lowest BCUT2D eigenvalue weighted by Crippen LogP contribution is -2.34. The minimum absolute atomic E-state index is 0.0382. The molecule has 1 aliphatic heterocycles. The molecule has 1 heterocycles. The number of hydrogen-bond donors (Lipinski definition) is 0. The van der Waals surface area contributed by atoms with Gasteiger partial charge in [-0.15, -0.1) is 0 Å². The molecule has 1 saturated heterocycles. The van der Waals surface area contributed by atoms with E-state index in [2.05, 4.69) is 0 Å². The van der Waals surface area contributed by atoms with Gasteiger partial charge in [0.25, 0.3) is 5.92 Å². The molecule has 0 aromatic carbocycles. The molecular formula is C8H15F2N. The van der Waals surface area contributed by atoms with E-state index in [9.17, 15) is 8.78 Å². The van der Waals surface area contributed by atoms with Crippen molar-refractivity contribution in [1.29, 1.82) is 0 Å². The number of nitrogens with zero attached hydrogens (tertiary/aromatic N) is 1. The average molecular weight is 163 g/mol. The lowest BCUT2D eigenvalue weighted by molar-refractivity contribution is -0.0285. The standard InChI is InChI=1S/C8H15F2N/c1-2-11-6-4-3-5-8(9,10)7-11/h2-7H2,1H3. The molecule has 0 bridgehead atoms. The van der Waals surface area contributed by atoms with E-state index < -0.39 is 5.92 Å². The lowest BCUT2D eigenvalue weighted by Gasteiger charge is -2.21. The second-order valence-corrected chi connectivity index (χ2v) is 3.18. The van der Waals surface area contributed by atoms with Crippen molar-refractivity contribution in [1.82, 2.24) is 4.90 Å². The van der Waals surface area contributed by atoms with Crippen molar-refractivity contribution in [3.05, 3.63) is 0 Å². The molecular weight excluding hydrogens is 148 g/mol. The van der Waals surface area contributed by atoms with Crippen LogP contribution in [0.4, 0.5) is 8.78 Å². The minimum atomic E-state index is -2.44. The van der Waals surface area contributed by atoms with Crippen molar-refractivity contribution >= 4 is 0 Å². The van der Waals surface area contributed by atoms with Crippen LogP contribution in [0, 0.1) is 0 Å². The van der Waals surface area contributed by atoms with Crippen LogP contribution in [0.25, 0.3) is 0 Å². The molecule has 0 N–H and O–H groups in total. The number of hydrogen-bond acceptors (Lipinski definition) is 1. The molecule has 0 spiro atoms. The van der Waals surface area contributed by atoms with Crippen LogP contribution in [-0.4, -0.2) is 30.5 Å². The molecule has 11 heavy (non-hydrogen) atoms. The van der Waals surface area contributed by atoms with Crippen LogP contribution in [-0.2, 0) is 0 Å². The summed E-state index contributed by atoms with van der Waals surface area (Å²) in [5, 5.41) is 0. The highest BCUT2D eigenvalue weighted by molar-refractivity contribution is 4.75. The van der Waals surface area contributed by atoms with E-state index in [1.165, 1.54) is 0 Å². The number of halogens is 2. The smallest absolute Gasteiger partial charge is 0.260 e. The fraction of sp³-hybridized carbons (Fsp3) is 1.00. The molecule has 66 valence electrons. The number of likely N-dealkylation sites (tertiary alicyclic amines) is 1. The molecule has 1 aliphatic rings. The Bertz CT molecular complexity index is 125. The molecule has 0 aromatic rings. The predicted octanol–water partition coefficient (Wildman–Crippen LogP) is 2.13. The summed E-state index contributed by atoms with van der Waals surface area (Å²) >= 11 is 0. The molecule has 0 unspecified atom stereocenters. The Morgan fingerprint density at radius 2 is 2.09 bits per heavy atom. The van der Waals surface area contributed by atoms with Crippen LogP contribution in [0.1, 0.15) is 26.2 Å². The second-order valence-electron chi connectivity index (χ2n) is 3.18. The van der Waals surface area contributed by atoms with E-state index in [0.717, 1.165) is 19.5 Å². The predicted molar refractivity (Wildman–Crippen MR) is 40.9 cm³/mol. The van der Waals surface area contributed by atoms with Gasteiger partial charge in [-0.05, 0) is 25.9 Å². The first-order valence-corrected chi connectivity index (χ1v) is 4.24. The van der Waals surface area contributed by atoms with Gasteiger partial charge in [0.2, 0.25) is 0 Å². The second kappa shape index (κ2) is 3.48. The van der Waals surface area contributed by atoms with Gasteiger partial charge >= 0.3 is 0 Å². The fourth-order valence-electron chi connectivity index (χ4n) is 1.47. The van der Waals surface area contributed by atoms with Crippen molar-refractivity contribution in [2.75, 3.05) is 19.6 Å². The normalized spacial score (nSPS) is 26.5. The van der Waals surface area contributed by atoms with Gasteiger partial charge in [0.15, 0.2) is 0 Å². The Hall–Kier alpha value is -0.180. The summed E-state index contributed by atoms with van der Waals surface area (Å²) in [5.74, 6) is -2.44. The van der Waals surface area contributed by atoms with Gasteiger partial charge in [-0.25, -0.2) is 8.78 Å². The first-order valence-electron chi connectivity index (χ1n) is 4.24. The first kappa shape index (κ1) is 8.91. The third-order valence-electron chi connectivity index (χ3n) is 2.17.